The largest absolute Gasteiger partial charge is 0.573 e. The number of alkyl halides is 3. The van der Waals surface area contributed by atoms with Crippen molar-refractivity contribution in [3.8, 4) is 5.75 Å². The molecule has 122 valence electrons. The fourth-order valence-electron chi connectivity index (χ4n) is 2.56. The molecule has 1 unspecified atom stereocenters. The van der Waals surface area contributed by atoms with Gasteiger partial charge in [-0.2, -0.15) is 0 Å². The van der Waals surface area contributed by atoms with Crippen LogP contribution >= 0.6 is 0 Å². The molecule has 1 aliphatic heterocycles. The summed E-state index contributed by atoms with van der Waals surface area (Å²) in [5, 5.41) is 7.63. The van der Waals surface area contributed by atoms with Gasteiger partial charge in [-0.25, -0.2) is 4.68 Å². The minimum atomic E-state index is -4.78. The van der Waals surface area contributed by atoms with Gasteiger partial charge in [0.1, 0.15) is 5.75 Å². The van der Waals surface area contributed by atoms with E-state index in [0.717, 1.165) is 12.1 Å². The number of aromatic nitrogens is 3. The Morgan fingerprint density at radius 1 is 1.35 bits per heavy atom. The van der Waals surface area contributed by atoms with Gasteiger partial charge in [-0.05, 0) is 24.6 Å². The summed E-state index contributed by atoms with van der Waals surface area (Å²) < 4.78 is 42.3. The number of hydrogen-bond acceptors (Lipinski definition) is 4. The summed E-state index contributed by atoms with van der Waals surface area (Å²) >= 11 is 0. The average molecular weight is 326 g/mol. The molecular formula is C14H13F3N4O2. The maximum atomic E-state index is 12.4. The summed E-state index contributed by atoms with van der Waals surface area (Å²) in [5.41, 5.74) is 0.158. The number of nitrogens with zero attached hydrogens (tertiary/aromatic N) is 4. The van der Waals surface area contributed by atoms with E-state index in [9.17, 15) is 18.0 Å². The van der Waals surface area contributed by atoms with E-state index in [4.69, 9.17) is 0 Å². The molecule has 23 heavy (non-hydrogen) atoms. The SMILES string of the molecule is O=C(c1cccc(OC(F)(F)F)c1)N1CCC(n2ccnn2)C1. The van der Waals surface area contributed by atoms with Gasteiger partial charge in [0.2, 0.25) is 0 Å². The lowest BCUT2D eigenvalue weighted by Crippen LogP contribution is -2.29. The van der Waals surface area contributed by atoms with E-state index >= 15 is 0 Å². The fraction of sp³-hybridized carbons (Fsp3) is 0.357. The van der Waals surface area contributed by atoms with Crippen LogP contribution in [0.1, 0.15) is 22.8 Å². The lowest BCUT2D eigenvalue weighted by molar-refractivity contribution is -0.274. The molecule has 1 fully saturated rings. The van der Waals surface area contributed by atoms with Crippen LogP contribution in [0.3, 0.4) is 0 Å². The molecular weight excluding hydrogens is 313 g/mol. The Balaban J connectivity index is 1.70. The van der Waals surface area contributed by atoms with Crippen LogP contribution in [0.2, 0.25) is 0 Å². The second-order valence-electron chi connectivity index (χ2n) is 5.15. The maximum absolute atomic E-state index is 12.4. The maximum Gasteiger partial charge on any atom is 0.573 e. The highest BCUT2D eigenvalue weighted by atomic mass is 19.4. The predicted octanol–water partition coefficient (Wildman–Crippen LogP) is 2.26. The molecule has 3 rings (SSSR count). The molecule has 0 radical (unpaired) electrons. The Bertz CT molecular complexity index is 688. The molecule has 0 saturated carbocycles. The van der Waals surface area contributed by atoms with Crippen LogP contribution in [0, 0.1) is 0 Å². The van der Waals surface area contributed by atoms with Crippen molar-refractivity contribution < 1.29 is 22.7 Å². The summed E-state index contributed by atoms with van der Waals surface area (Å²) in [6.07, 6.45) is -0.791. The zero-order valence-electron chi connectivity index (χ0n) is 11.9. The van der Waals surface area contributed by atoms with Crippen molar-refractivity contribution in [3.63, 3.8) is 0 Å². The van der Waals surface area contributed by atoms with Crippen molar-refractivity contribution in [2.75, 3.05) is 13.1 Å². The zero-order chi connectivity index (χ0) is 16.4. The molecule has 0 N–H and O–H groups in total. The molecule has 0 spiro atoms. The molecule has 9 heteroatoms. The van der Waals surface area contributed by atoms with Crippen LogP contribution in [0.4, 0.5) is 13.2 Å². The number of ether oxygens (including phenoxy) is 1. The topological polar surface area (TPSA) is 60.2 Å². The second kappa shape index (κ2) is 5.90. The number of rotatable bonds is 3. The molecule has 1 aromatic heterocycles. The van der Waals surface area contributed by atoms with E-state index in [1.807, 2.05) is 0 Å². The monoisotopic (exact) mass is 326 g/mol. The van der Waals surface area contributed by atoms with Gasteiger partial charge >= 0.3 is 6.36 Å². The molecule has 1 saturated heterocycles. The predicted molar refractivity (Wildman–Crippen MR) is 72.7 cm³/mol. The Labute approximate surface area is 129 Å². The number of hydrogen-bond donors (Lipinski definition) is 0. The van der Waals surface area contributed by atoms with E-state index in [1.165, 1.54) is 12.1 Å². The standard InChI is InChI=1S/C14H13F3N4O2/c15-14(16,17)23-12-3-1-2-10(8-12)13(22)20-6-4-11(9-20)21-7-5-18-19-21/h1-3,5,7-8,11H,4,6,9H2. The van der Waals surface area contributed by atoms with Gasteiger partial charge in [0.15, 0.2) is 0 Å². The van der Waals surface area contributed by atoms with Crippen LogP contribution < -0.4 is 4.74 Å². The first-order valence-corrected chi connectivity index (χ1v) is 6.93. The zero-order valence-corrected chi connectivity index (χ0v) is 11.9. The third kappa shape index (κ3) is 3.61. The molecule has 1 aromatic carbocycles. The van der Waals surface area contributed by atoms with E-state index in [-0.39, 0.29) is 17.5 Å². The second-order valence-corrected chi connectivity index (χ2v) is 5.15. The van der Waals surface area contributed by atoms with Gasteiger partial charge in [-0.1, -0.05) is 11.3 Å². The van der Waals surface area contributed by atoms with E-state index in [0.29, 0.717) is 19.5 Å². The van der Waals surface area contributed by atoms with Crippen molar-refractivity contribution in [1.29, 1.82) is 0 Å². The number of carbonyl (C=O) groups is 1. The first-order valence-electron chi connectivity index (χ1n) is 6.93. The first-order chi connectivity index (χ1) is 10.9. The smallest absolute Gasteiger partial charge is 0.406 e. The Morgan fingerprint density at radius 3 is 2.87 bits per heavy atom. The van der Waals surface area contributed by atoms with Crippen LogP contribution in [-0.4, -0.2) is 45.3 Å². The first kappa shape index (κ1) is 15.3. The van der Waals surface area contributed by atoms with Gasteiger partial charge in [0, 0.05) is 24.8 Å². The highest BCUT2D eigenvalue weighted by Crippen LogP contribution is 2.26. The third-order valence-electron chi connectivity index (χ3n) is 3.58. The lowest BCUT2D eigenvalue weighted by Gasteiger charge is -2.17. The highest BCUT2D eigenvalue weighted by molar-refractivity contribution is 5.94. The molecule has 1 atom stereocenters. The number of halogens is 3. The molecule has 6 nitrogen and oxygen atoms in total. The van der Waals surface area contributed by atoms with E-state index < -0.39 is 12.1 Å². The Kier molecular flexibility index (Phi) is 3.93. The molecule has 2 aromatic rings. The summed E-state index contributed by atoms with van der Waals surface area (Å²) in [7, 11) is 0. The van der Waals surface area contributed by atoms with Crippen molar-refractivity contribution in [1.82, 2.24) is 19.9 Å². The normalized spacial score (nSPS) is 18.2. The van der Waals surface area contributed by atoms with Gasteiger partial charge in [-0.3, -0.25) is 4.79 Å². The van der Waals surface area contributed by atoms with Crippen molar-refractivity contribution >= 4 is 5.91 Å². The van der Waals surface area contributed by atoms with Crippen molar-refractivity contribution in [3.05, 3.63) is 42.2 Å². The molecule has 1 amide bonds. The summed E-state index contributed by atoms with van der Waals surface area (Å²) in [6.45, 7) is 0.945. The quantitative estimate of drug-likeness (QED) is 0.868. The lowest BCUT2D eigenvalue weighted by atomic mass is 10.2. The van der Waals surface area contributed by atoms with Gasteiger partial charge in [-0.15, -0.1) is 18.3 Å². The number of amides is 1. The summed E-state index contributed by atoms with van der Waals surface area (Å²) in [6, 6.07) is 5.11. The minimum Gasteiger partial charge on any atom is -0.406 e. The molecule has 2 heterocycles. The number of carbonyl (C=O) groups excluding carboxylic acids is 1. The van der Waals surface area contributed by atoms with Crippen LogP contribution in [0.5, 0.6) is 5.75 Å². The highest BCUT2D eigenvalue weighted by Gasteiger charge is 2.32. The molecule has 1 aliphatic rings. The molecule has 0 aliphatic carbocycles. The Hall–Kier alpha value is -2.58. The van der Waals surface area contributed by atoms with E-state index in [1.54, 1.807) is 22.0 Å². The van der Waals surface area contributed by atoms with Gasteiger partial charge in [0.25, 0.3) is 5.91 Å². The van der Waals surface area contributed by atoms with Crippen LogP contribution in [0.15, 0.2) is 36.7 Å². The van der Waals surface area contributed by atoms with Crippen LogP contribution in [0.25, 0.3) is 0 Å². The van der Waals surface area contributed by atoms with Crippen molar-refractivity contribution in [2.45, 2.75) is 18.8 Å². The van der Waals surface area contributed by atoms with Gasteiger partial charge in [0.05, 0.1) is 12.2 Å². The van der Waals surface area contributed by atoms with Gasteiger partial charge < -0.3 is 9.64 Å². The number of benzene rings is 1. The van der Waals surface area contributed by atoms with Crippen LogP contribution in [-0.2, 0) is 0 Å². The summed E-state index contributed by atoms with van der Waals surface area (Å²) in [4.78, 5) is 14.0. The molecule has 0 bridgehead atoms. The minimum absolute atomic E-state index is 0.0241. The summed E-state index contributed by atoms with van der Waals surface area (Å²) in [5.74, 6) is -0.740. The fourth-order valence-corrected chi connectivity index (χ4v) is 2.56. The number of likely N-dealkylation sites (tertiary alicyclic amines) is 1. The van der Waals surface area contributed by atoms with E-state index in [2.05, 4.69) is 15.0 Å². The average Bonchev–Trinajstić information content (AvgIpc) is 3.16. The third-order valence-corrected chi connectivity index (χ3v) is 3.58. The van der Waals surface area contributed by atoms with Crippen molar-refractivity contribution in [2.24, 2.45) is 0 Å². The Morgan fingerprint density at radius 2 is 2.17 bits per heavy atom.